The van der Waals surface area contributed by atoms with Crippen LogP contribution in [-0.4, -0.2) is 29.9 Å². The van der Waals surface area contributed by atoms with Gasteiger partial charge in [0.05, 0.1) is 23.8 Å². The quantitative estimate of drug-likeness (QED) is 0.674. The number of nitrogens with zero attached hydrogens (tertiary/aromatic N) is 2. The molecule has 8 heteroatoms. The molecule has 0 saturated heterocycles. The minimum Gasteiger partial charge on any atom is -0.487 e. The molecule has 0 aliphatic heterocycles. The summed E-state index contributed by atoms with van der Waals surface area (Å²) in [6.45, 7) is 0.630. The first-order valence-corrected chi connectivity index (χ1v) is 9.50. The van der Waals surface area contributed by atoms with E-state index >= 15 is 0 Å². The van der Waals surface area contributed by atoms with Crippen molar-refractivity contribution in [3.8, 4) is 17.1 Å². The van der Waals surface area contributed by atoms with E-state index in [2.05, 4.69) is 19.9 Å². The number of aromatic nitrogens is 3. The molecule has 0 spiro atoms. The van der Waals surface area contributed by atoms with Gasteiger partial charge < -0.3 is 4.74 Å². The molecule has 3 aromatic rings. The number of ether oxygens (including phenoxy) is 1. The molecule has 2 aromatic heterocycles. The number of hydrogen-bond acceptors (Lipinski definition) is 5. The van der Waals surface area contributed by atoms with Crippen LogP contribution in [0, 0.1) is 0 Å². The Morgan fingerprint density at radius 2 is 2.00 bits per heavy atom. The molecule has 0 bridgehead atoms. The van der Waals surface area contributed by atoms with Crippen molar-refractivity contribution in [3.63, 3.8) is 0 Å². The molecule has 2 N–H and O–H groups in total. The summed E-state index contributed by atoms with van der Waals surface area (Å²) in [4.78, 5) is 4.33. The van der Waals surface area contributed by atoms with E-state index < -0.39 is 10.0 Å². The molecule has 130 valence electrons. The molecule has 0 amide bonds. The van der Waals surface area contributed by atoms with Gasteiger partial charge in [-0.15, -0.1) is 0 Å². The molecule has 1 aromatic carbocycles. The number of H-pyrrole nitrogens is 1. The zero-order chi connectivity index (χ0) is 17.7. The minimum absolute atomic E-state index is 0.257. The van der Waals surface area contributed by atoms with Crippen molar-refractivity contribution in [3.05, 3.63) is 66.0 Å². The van der Waals surface area contributed by atoms with Gasteiger partial charge in [0.2, 0.25) is 10.0 Å². The summed E-state index contributed by atoms with van der Waals surface area (Å²) in [6.07, 6.45) is 4.47. The van der Waals surface area contributed by atoms with Crippen LogP contribution in [0.3, 0.4) is 0 Å². The molecule has 0 radical (unpaired) electrons. The summed E-state index contributed by atoms with van der Waals surface area (Å²) in [5.41, 5.74) is 3.46. The van der Waals surface area contributed by atoms with Gasteiger partial charge in [0.15, 0.2) is 0 Å². The van der Waals surface area contributed by atoms with Crippen molar-refractivity contribution in [2.24, 2.45) is 0 Å². The van der Waals surface area contributed by atoms with E-state index in [1.54, 1.807) is 12.4 Å². The highest BCUT2D eigenvalue weighted by Gasteiger charge is 2.04. The fourth-order valence-electron chi connectivity index (χ4n) is 2.23. The SMILES string of the molecule is CS(=O)(=O)NCc1cccc(COc2ccc(-c3ccn[nH]3)nc2)c1. The smallest absolute Gasteiger partial charge is 0.209 e. The lowest BCUT2D eigenvalue weighted by Gasteiger charge is -2.08. The minimum atomic E-state index is -3.21. The first kappa shape index (κ1) is 17.1. The van der Waals surface area contributed by atoms with Crippen molar-refractivity contribution < 1.29 is 13.2 Å². The highest BCUT2D eigenvalue weighted by atomic mass is 32.2. The van der Waals surface area contributed by atoms with Gasteiger partial charge >= 0.3 is 0 Å². The Labute approximate surface area is 146 Å². The summed E-state index contributed by atoms with van der Waals surface area (Å²) >= 11 is 0. The fraction of sp³-hybridized carbons (Fsp3) is 0.176. The van der Waals surface area contributed by atoms with E-state index in [-0.39, 0.29) is 6.54 Å². The number of benzene rings is 1. The lowest BCUT2D eigenvalue weighted by molar-refractivity contribution is 0.305. The second-order valence-electron chi connectivity index (χ2n) is 5.55. The third kappa shape index (κ3) is 5.13. The molecule has 25 heavy (non-hydrogen) atoms. The number of rotatable bonds is 7. The normalized spacial score (nSPS) is 11.4. The van der Waals surface area contributed by atoms with Gasteiger partial charge in [0.25, 0.3) is 0 Å². The number of pyridine rings is 1. The molecular formula is C17H18N4O3S. The third-order valence-corrected chi connectivity index (χ3v) is 4.12. The van der Waals surface area contributed by atoms with Crippen LogP contribution in [-0.2, 0) is 23.2 Å². The summed E-state index contributed by atoms with van der Waals surface area (Å²) in [5, 5.41) is 6.75. The monoisotopic (exact) mass is 358 g/mol. The van der Waals surface area contributed by atoms with E-state index in [0.717, 1.165) is 28.8 Å². The Hall–Kier alpha value is -2.71. The standard InChI is InChI=1S/C17H18N4O3S/c1-25(22,23)20-10-13-3-2-4-14(9-13)12-24-15-5-6-16(18-11-15)17-7-8-19-21-17/h2-9,11,20H,10,12H2,1H3,(H,19,21). The zero-order valence-electron chi connectivity index (χ0n) is 13.6. The maximum Gasteiger partial charge on any atom is 0.209 e. The van der Waals surface area contributed by atoms with Gasteiger partial charge in [-0.25, -0.2) is 13.1 Å². The third-order valence-electron chi connectivity index (χ3n) is 3.45. The average molecular weight is 358 g/mol. The number of nitrogens with one attached hydrogen (secondary N) is 2. The predicted octanol–water partition coefficient (Wildman–Crippen LogP) is 2.10. The fourth-order valence-corrected chi connectivity index (χ4v) is 2.66. The van der Waals surface area contributed by atoms with Crippen LogP contribution in [0.2, 0.25) is 0 Å². The molecular weight excluding hydrogens is 340 g/mol. The molecule has 0 aliphatic carbocycles. The molecule has 0 atom stereocenters. The van der Waals surface area contributed by atoms with Crippen molar-refractivity contribution in [1.82, 2.24) is 19.9 Å². The molecule has 0 fully saturated rings. The Morgan fingerprint density at radius 3 is 2.68 bits per heavy atom. The lowest BCUT2D eigenvalue weighted by Crippen LogP contribution is -2.21. The topological polar surface area (TPSA) is 97.0 Å². The molecule has 2 heterocycles. The first-order chi connectivity index (χ1) is 12.0. The Kier molecular flexibility index (Phi) is 5.11. The summed E-state index contributed by atoms with van der Waals surface area (Å²) < 4.78 is 30.5. The maximum absolute atomic E-state index is 11.2. The second-order valence-corrected chi connectivity index (χ2v) is 7.38. The Balaban J connectivity index is 1.60. The molecule has 0 aliphatic rings. The maximum atomic E-state index is 11.2. The first-order valence-electron chi connectivity index (χ1n) is 7.61. The zero-order valence-corrected chi connectivity index (χ0v) is 14.5. The van der Waals surface area contributed by atoms with Crippen molar-refractivity contribution in [2.75, 3.05) is 6.26 Å². The summed E-state index contributed by atoms with van der Waals surface area (Å²) in [5.74, 6) is 0.655. The van der Waals surface area contributed by atoms with E-state index in [1.165, 1.54) is 0 Å². The number of hydrogen-bond donors (Lipinski definition) is 2. The van der Waals surface area contributed by atoms with E-state index in [0.29, 0.717) is 12.4 Å². The van der Waals surface area contributed by atoms with Gasteiger partial charge in [-0.05, 0) is 29.3 Å². The number of sulfonamides is 1. The van der Waals surface area contributed by atoms with E-state index in [4.69, 9.17) is 4.74 Å². The highest BCUT2D eigenvalue weighted by molar-refractivity contribution is 7.88. The largest absolute Gasteiger partial charge is 0.487 e. The molecule has 0 unspecified atom stereocenters. The lowest BCUT2D eigenvalue weighted by atomic mass is 10.1. The molecule has 3 rings (SSSR count). The van der Waals surface area contributed by atoms with Crippen LogP contribution in [0.15, 0.2) is 54.9 Å². The Morgan fingerprint density at radius 1 is 1.16 bits per heavy atom. The van der Waals surface area contributed by atoms with Gasteiger partial charge in [-0.2, -0.15) is 5.10 Å². The van der Waals surface area contributed by atoms with Crippen molar-refractivity contribution >= 4 is 10.0 Å². The van der Waals surface area contributed by atoms with Crippen molar-refractivity contribution in [2.45, 2.75) is 13.2 Å². The van der Waals surface area contributed by atoms with Gasteiger partial charge in [0, 0.05) is 12.7 Å². The van der Waals surface area contributed by atoms with Gasteiger partial charge in [0.1, 0.15) is 12.4 Å². The van der Waals surface area contributed by atoms with Crippen molar-refractivity contribution in [1.29, 1.82) is 0 Å². The Bertz CT molecular complexity index is 923. The summed E-state index contributed by atoms with van der Waals surface area (Å²) in [6, 6.07) is 13.1. The molecule has 7 nitrogen and oxygen atoms in total. The van der Waals surface area contributed by atoms with Crippen LogP contribution in [0.4, 0.5) is 0 Å². The predicted molar refractivity (Wildman–Crippen MR) is 94.3 cm³/mol. The van der Waals surface area contributed by atoms with E-state index in [9.17, 15) is 8.42 Å². The van der Waals surface area contributed by atoms with Crippen LogP contribution in [0.25, 0.3) is 11.4 Å². The second kappa shape index (κ2) is 7.45. The summed E-state index contributed by atoms with van der Waals surface area (Å²) in [7, 11) is -3.21. The van der Waals surface area contributed by atoms with Crippen LogP contribution < -0.4 is 9.46 Å². The molecule has 0 saturated carbocycles. The van der Waals surface area contributed by atoms with Crippen LogP contribution in [0.1, 0.15) is 11.1 Å². The van der Waals surface area contributed by atoms with Crippen LogP contribution in [0.5, 0.6) is 5.75 Å². The van der Waals surface area contributed by atoms with Crippen LogP contribution >= 0.6 is 0 Å². The average Bonchev–Trinajstić information content (AvgIpc) is 3.13. The van der Waals surface area contributed by atoms with E-state index in [1.807, 2.05) is 42.5 Å². The highest BCUT2D eigenvalue weighted by Crippen LogP contribution is 2.18. The number of aromatic amines is 1. The van der Waals surface area contributed by atoms with Gasteiger partial charge in [-0.1, -0.05) is 24.3 Å². The van der Waals surface area contributed by atoms with Gasteiger partial charge in [-0.3, -0.25) is 10.1 Å².